The maximum Gasteiger partial charge on any atom is 0.0755 e. The van der Waals surface area contributed by atoms with Crippen molar-refractivity contribution in [1.29, 1.82) is 0 Å². The van der Waals surface area contributed by atoms with Crippen molar-refractivity contribution in [3.8, 4) is 0 Å². The molecule has 0 spiro atoms. The molecule has 1 N–H and O–H groups in total. The molecule has 2 saturated carbocycles. The van der Waals surface area contributed by atoms with Crippen molar-refractivity contribution in [3.05, 3.63) is 0 Å². The number of ether oxygens (including phenoxy) is 1. The SMILES string of the molecule is CCNC(C1CCCCC1CC)C(OC)C1CC1. The second-order valence-electron chi connectivity index (χ2n) is 6.24. The predicted molar refractivity (Wildman–Crippen MR) is 76.7 cm³/mol. The van der Waals surface area contributed by atoms with Crippen molar-refractivity contribution >= 4 is 0 Å². The summed E-state index contributed by atoms with van der Waals surface area (Å²) < 4.78 is 5.87. The Hall–Kier alpha value is -0.0800. The third-order valence-electron chi connectivity index (χ3n) is 5.11. The highest BCUT2D eigenvalue weighted by atomic mass is 16.5. The predicted octanol–water partition coefficient (Wildman–Crippen LogP) is 3.61. The Kier molecular flexibility index (Phi) is 5.50. The van der Waals surface area contributed by atoms with Gasteiger partial charge in [0.1, 0.15) is 0 Å². The van der Waals surface area contributed by atoms with Gasteiger partial charge in [-0.15, -0.1) is 0 Å². The molecule has 0 aromatic heterocycles. The van der Waals surface area contributed by atoms with Gasteiger partial charge in [-0.1, -0.05) is 39.5 Å². The Labute approximate surface area is 113 Å². The van der Waals surface area contributed by atoms with Gasteiger partial charge in [-0.25, -0.2) is 0 Å². The van der Waals surface area contributed by atoms with Crippen molar-refractivity contribution < 1.29 is 4.74 Å². The molecule has 0 aromatic rings. The zero-order valence-corrected chi connectivity index (χ0v) is 12.5. The van der Waals surface area contributed by atoms with E-state index in [4.69, 9.17) is 4.74 Å². The van der Waals surface area contributed by atoms with Crippen molar-refractivity contribution in [2.45, 2.75) is 70.9 Å². The lowest BCUT2D eigenvalue weighted by molar-refractivity contribution is 0.0100. The van der Waals surface area contributed by atoms with E-state index in [1.54, 1.807) is 0 Å². The zero-order chi connectivity index (χ0) is 13.0. The van der Waals surface area contributed by atoms with E-state index in [9.17, 15) is 0 Å². The molecule has 2 rings (SSSR count). The van der Waals surface area contributed by atoms with Crippen LogP contribution in [0.15, 0.2) is 0 Å². The summed E-state index contributed by atoms with van der Waals surface area (Å²) in [6, 6.07) is 0.595. The van der Waals surface area contributed by atoms with E-state index in [1.807, 2.05) is 7.11 Å². The van der Waals surface area contributed by atoms with Crippen LogP contribution in [0.5, 0.6) is 0 Å². The van der Waals surface area contributed by atoms with Gasteiger partial charge in [0.2, 0.25) is 0 Å². The Morgan fingerprint density at radius 3 is 2.39 bits per heavy atom. The minimum Gasteiger partial charge on any atom is -0.380 e. The van der Waals surface area contributed by atoms with Gasteiger partial charge in [0.25, 0.3) is 0 Å². The highest BCUT2D eigenvalue weighted by Gasteiger charge is 2.42. The van der Waals surface area contributed by atoms with Crippen LogP contribution in [0.2, 0.25) is 0 Å². The first kappa shape index (κ1) is 14.3. The molecule has 0 amide bonds. The highest BCUT2D eigenvalue weighted by molar-refractivity contribution is 4.96. The number of nitrogens with one attached hydrogen (secondary N) is 1. The third kappa shape index (κ3) is 3.27. The molecular weight excluding hydrogens is 222 g/mol. The number of rotatable bonds is 7. The number of methoxy groups -OCH3 is 1. The Balaban J connectivity index is 2.05. The average Bonchev–Trinajstić information content (AvgIpc) is 3.23. The zero-order valence-electron chi connectivity index (χ0n) is 12.5. The lowest BCUT2D eigenvalue weighted by Gasteiger charge is -2.40. The van der Waals surface area contributed by atoms with E-state index < -0.39 is 0 Å². The first-order chi connectivity index (χ1) is 8.81. The Morgan fingerprint density at radius 1 is 1.11 bits per heavy atom. The summed E-state index contributed by atoms with van der Waals surface area (Å²) in [5.74, 6) is 2.59. The normalized spacial score (nSPS) is 32.2. The van der Waals surface area contributed by atoms with E-state index >= 15 is 0 Å². The molecule has 2 nitrogen and oxygen atoms in total. The van der Waals surface area contributed by atoms with Crippen LogP contribution in [0.3, 0.4) is 0 Å². The summed E-state index contributed by atoms with van der Waals surface area (Å²) in [6.45, 7) is 5.67. The standard InChI is InChI=1S/C16H31NO/c1-4-12-8-6-7-9-14(12)15(17-5-2)16(18-3)13-10-11-13/h12-17H,4-11H2,1-3H3. The van der Waals surface area contributed by atoms with Crippen molar-refractivity contribution in [2.24, 2.45) is 17.8 Å². The average molecular weight is 253 g/mol. The molecule has 0 aromatic carbocycles. The summed E-state index contributed by atoms with van der Waals surface area (Å²) in [4.78, 5) is 0. The topological polar surface area (TPSA) is 21.3 Å². The van der Waals surface area contributed by atoms with Crippen molar-refractivity contribution in [3.63, 3.8) is 0 Å². The Bertz CT molecular complexity index is 239. The van der Waals surface area contributed by atoms with Crippen LogP contribution in [0.4, 0.5) is 0 Å². The second-order valence-corrected chi connectivity index (χ2v) is 6.24. The molecule has 2 aliphatic carbocycles. The van der Waals surface area contributed by atoms with Crippen LogP contribution < -0.4 is 5.32 Å². The quantitative estimate of drug-likeness (QED) is 0.748. The minimum absolute atomic E-state index is 0.460. The number of hydrogen-bond acceptors (Lipinski definition) is 2. The van der Waals surface area contributed by atoms with Crippen LogP contribution in [-0.2, 0) is 4.74 Å². The van der Waals surface area contributed by atoms with Crippen LogP contribution >= 0.6 is 0 Å². The summed E-state index contributed by atoms with van der Waals surface area (Å²) in [5, 5.41) is 3.76. The molecule has 4 atom stereocenters. The van der Waals surface area contributed by atoms with Crippen molar-refractivity contribution in [1.82, 2.24) is 5.32 Å². The summed E-state index contributed by atoms with van der Waals surface area (Å²) >= 11 is 0. The minimum atomic E-state index is 0.460. The first-order valence-electron chi connectivity index (χ1n) is 8.07. The molecule has 0 radical (unpaired) electrons. The lowest BCUT2D eigenvalue weighted by atomic mass is 9.72. The summed E-state index contributed by atoms with van der Waals surface area (Å²) in [7, 11) is 1.91. The van der Waals surface area contributed by atoms with Gasteiger partial charge >= 0.3 is 0 Å². The molecule has 106 valence electrons. The fourth-order valence-corrected chi connectivity index (χ4v) is 4.02. The fourth-order valence-electron chi connectivity index (χ4n) is 4.02. The van der Waals surface area contributed by atoms with Crippen LogP contribution in [-0.4, -0.2) is 25.8 Å². The molecule has 0 saturated heterocycles. The Morgan fingerprint density at radius 2 is 1.83 bits per heavy atom. The molecule has 4 unspecified atom stereocenters. The largest absolute Gasteiger partial charge is 0.380 e. The van der Waals surface area contributed by atoms with Crippen LogP contribution in [0.1, 0.15) is 58.8 Å². The number of likely N-dealkylation sites (N-methyl/N-ethyl adjacent to an activating group) is 1. The van der Waals surface area contributed by atoms with E-state index in [1.165, 1.54) is 44.9 Å². The molecule has 2 heteroatoms. The van der Waals surface area contributed by atoms with Crippen molar-refractivity contribution in [2.75, 3.05) is 13.7 Å². The molecule has 18 heavy (non-hydrogen) atoms. The maximum atomic E-state index is 5.87. The molecule has 0 heterocycles. The second kappa shape index (κ2) is 6.91. The van der Waals surface area contributed by atoms with Gasteiger partial charge < -0.3 is 10.1 Å². The monoisotopic (exact) mass is 253 g/mol. The van der Waals surface area contributed by atoms with Gasteiger partial charge in [-0.05, 0) is 43.6 Å². The molecular formula is C16H31NO. The van der Waals surface area contributed by atoms with E-state index in [0.29, 0.717) is 12.1 Å². The third-order valence-corrected chi connectivity index (χ3v) is 5.11. The smallest absolute Gasteiger partial charge is 0.0755 e. The lowest BCUT2D eigenvalue weighted by Crippen LogP contribution is -2.50. The number of hydrogen-bond donors (Lipinski definition) is 1. The van der Waals surface area contributed by atoms with Gasteiger partial charge in [-0.3, -0.25) is 0 Å². The highest BCUT2D eigenvalue weighted by Crippen LogP contribution is 2.42. The molecule has 0 bridgehead atoms. The maximum absolute atomic E-state index is 5.87. The van der Waals surface area contributed by atoms with E-state index in [0.717, 1.165) is 24.3 Å². The summed E-state index contributed by atoms with van der Waals surface area (Å²) in [5.41, 5.74) is 0. The van der Waals surface area contributed by atoms with E-state index in [2.05, 4.69) is 19.2 Å². The van der Waals surface area contributed by atoms with E-state index in [-0.39, 0.29) is 0 Å². The molecule has 0 aliphatic heterocycles. The van der Waals surface area contributed by atoms with Gasteiger partial charge in [0, 0.05) is 13.2 Å². The van der Waals surface area contributed by atoms with Crippen LogP contribution in [0, 0.1) is 17.8 Å². The fraction of sp³-hybridized carbons (Fsp3) is 1.00. The first-order valence-corrected chi connectivity index (χ1v) is 8.07. The van der Waals surface area contributed by atoms with Gasteiger partial charge in [-0.2, -0.15) is 0 Å². The van der Waals surface area contributed by atoms with Gasteiger partial charge in [0.05, 0.1) is 6.10 Å². The molecule has 2 aliphatic rings. The molecule has 2 fully saturated rings. The van der Waals surface area contributed by atoms with Crippen LogP contribution in [0.25, 0.3) is 0 Å². The summed E-state index contributed by atoms with van der Waals surface area (Å²) in [6.07, 6.45) is 10.3. The van der Waals surface area contributed by atoms with Gasteiger partial charge in [0.15, 0.2) is 0 Å².